The molecule has 0 aliphatic rings. The molecule has 0 N–H and O–H groups in total. The van der Waals surface area contributed by atoms with Gasteiger partial charge in [-0.05, 0) is 56.5 Å². The van der Waals surface area contributed by atoms with Crippen molar-refractivity contribution in [3.8, 4) is 0 Å². The third-order valence-electron chi connectivity index (χ3n) is 3.90. The quantitative estimate of drug-likeness (QED) is 0.550. The number of benzene rings is 2. The number of fused-ring (bicyclic) bond motifs is 1. The standard InChI is InChI=1S/C19H19ClO/c1-12-4-6-14(3)15(8-12)10-17(20)19-11-16-9-13(2)5-7-18(16)21-19/h4-9,11,17H,10H2,1-3H3. The summed E-state index contributed by atoms with van der Waals surface area (Å²) < 4.78 is 5.90. The first-order valence-corrected chi connectivity index (χ1v) is 7.67. The first-order chi connectivity index (χ1) is 10.0. The number of hydrogen-bond donors (Lipinski definition) is 0. The molecule has 1 heterocycles. The van der Waals surface area contributed by atoms with Crippen LogP contribution < -0.4 is 0 Å². The van der Waals surface area contributed by atoms with Crippen LogP contribution in [-0.4, -0.2) is 0 Å². The molecule has 1 atom stereocenters. The minimum atomic E-state index is -0.141. The number of rotatable bonds is 3. The minimum Gasteiger partial charge on any atom is -0.459 e. The maximum Gasteiger partial charge on any atom is 0.134 e. The van der Waals surface area contributed by atoms with Crippen LogP contribution in [0.25, 0.3) is 11.0 Å². The lowest BCUT2D eigenvalue weighted by molar-refractivity contribution is 0.539. The molecule has 3 aromatic rings. The number of alkyl halides is 1. The Morgan fingerprint density at radius 3 is 2.48 bits per heavy atom. The van der Waals surface area contributed by atoms with Crippen molar-refractivity contribution in [3.05, 3.63) is 70.5 Å². The van der Waals surface area contributed by atoms with Gasteiger partial charge in [0.1, 0.15) is 11.3 Å². The van der Waals surface area contributed by atoms with Crippen LogP contribution in [0.15, 0.2) is 46.9 Å². The van der Waals surface area contributed by atoms with Crippen molar-refractivity contribution < 1.29 is 4.42 Å². The molecule has 2 heteroatoms. The Kier molecular flexibility index (Phi) is 3.77. The van der Waals surface area contributed by atoms with Crippen LogP contribution >= 0.6 is 11.6 Å². The Bertz CT molecular complexity index is 785. The smallest absolute Gasteiger partial charge is 0.134 e. The van der Waals surface area contributed by atoms with Crippen molar-refractivity contribution in [2.75, 3.05) is 0 Å². The second kappa shape index (κ2) is 5.57. The Labute approximate surface area is 130 Å². The predicted octanol–water partition coefficient (Wildman–Crippen LogP) is 5.88. The molecule has 3 rings (SSSR count). The summed E-state index contributed by atoms with van der Waals surface area (Å²) in [5.74, 6) is 0.846. The summed E-state index contributed by atoms with van der Waals surface area (Å²) in [6, 6.07) is 14.7. The lowest BCUT2D eigenvalue weighted by atomic mass is 10.0. The first-order valence-electron chi connectivity index (χ1n) is 7.23. The van der Waals surface area contributed by atoms with E-state index in [0.717, 1.165) is 23.2 Å². The molecule has 0 radical (unpaired) electrons. The average molecular weight is 299 g/mol. The van der Waals surface area contributed by atoms with Crippen LogP contribution in [-0.2, 0) is 6.42 Å². The van der Waals surface area contributed by atoms with Gasteiger partial charge in [0.15, 0.2) is 0 Å². The van der Waals surface area contributed by atoms with Crippen LogP contribution in [0.4, 0.5) is 0 Å². The molecule has 0 saturated carbocycles. The van der Waals surface area contributed by atoms with Crippen LogP contribution in [0.5, 0.6) is 0 Å². The van der Waals surface area contributed by atoms with E-state index in [-0.39, 0.29) is 5.38 Å². The van der Waals surface area contributed by atoms with Crippen molar-refractivity contribution in [2.45, 2.75) is 32.6 Å². The molecule has 2 aromatic carbocycles. The van der Waals surface area contributed by atoms with Crippen LogP contribution in [0.2, 0.25) is 0 Å². The maximum absolute atomic E-state index is 6.58. The second-order valence-electron chi connectivity index (χ2n) is 5.79. The third kappa shape index (κ3) is 2.98. The van der Waals surface area contributed by atoms with Crippen molar-refractivity contribution in [3.63, 3.8) is 0 Å². The van der Waals surface area contributed by atoms with Gasteiger partial charge in [-0.15, -0.1) is 11.6 Å². The fourth-order valence-electron chi connectivity index (χ4n) is 2.65. The first kappa shape index (κ1) is 14.2. The van der Waals surface area contributed by atoms with Crippen LogP contribution in [0.3, 0.4) is 0 Å². The molecule has 0 bridgehead atoms. The molecule has 1 unspecified atom stereocenters. The monoisotopic (exact) mass is 298 g/mol. The Morgan fingerprint density at radius 1 is 0.952 bits per heavy atom. The summed E-state index contributed by atoms with van der Waals surface area (Å²) in [6.07, 6.45) is 0.786. The van der Waals surface area contributed by atoms with Crippen molar-refractivity contribution >= 4 is 22.6 Å². The van der Waals surface area contributed by atoms with Gasteiger partial charge < -0.3 is 4.42 Å². The topological polar surface area (TPSA) is 13.1 Å². The largest absolute Gasteiger partial charge is 0.459 e. The van der Waals surface area contributed by atoms with Crippen molar-refractivity contribution in [1.82, 2.24) is 0 Å². The fourth-order valence-corrected chi connectivity index (χ4v) is 2.93. The van der Waals surface area contributed by atoms with Gasteiger partial charge in [0.2, 0.25) is 0 Å². The van der Waals surface area contributed by atoms with E-state index >= 15 is 0 Å². The number of aryl methyl sites for hydroxylation is 3. The highest BCUT2D eigenvalue weighted by atomic mass is 35.5. The highest BCUT2D eigenvalue weighted by molar-refractivity contribution is 6.20. The predicted molar refractivity (Wildman–Crippen MR) is 89.2 cm³/mol. The highest BCUT2D eigenvalue weighted by Crippen LogP contribution is 2.31. The van der Waals surface area contributed by atoms with E-state index in [9.17, 15) is 0 Å². The molecule has 0 fully saturated rings. The molecule has 1 nitrogen and oxygen atoms in total. The van der Waals surface area contributed by atoms with Gasteiger partial charge in [-0.3, -0.25) is 0 Å². The summed E-state index contributed by atoms with van der Waals surface area (Å²) in [6.45, 7) is 6.32. The van der Waals surface area contributed by atoms with E-state index in [1.165, 1.54) is 22.3 Å². The molecule has 0 amide bonds. The average Bonchev–Trinajstić information content (AvgIpc) is 2.86. The summed E-state index contributed by atoms with van der Waals surface area (Å²) >= 11 is 6.58. The van der Waals surface area contributed by atoms with E-state index in [1.807, 2.05) is 6.07 Å². The number of furan rings is 1. The van der Waals surface area contributed by atoms with Crippen LogP contribution in [0, 0.1) is 20.8 Å². The summed E-state index contributed by atoms with van der Waals surface area (Å²) in [5, 5.41) is 0.981. The SMILES string of the molecule is Cc1ccc(C)c(CC(Cl)c2cc3cc(C)ccc3o2)c1. The van der Waals surface area contributed by atoms with E-state index in [0.29, 0.717) is 0 Å². The Balaban J connectivity index is 1.89. The van der Waals surface area contributed by atoms with Crippen molar-refractivity contribution in [2.24, 2.45) is 0 Å². The molecular formula is C19H19ClO. The van der Waals surface area contributed by atoms with E-state index in [1.54, 1.807) is 0 Å². The van der Waals surface area contributed by atoms with Gasteiger partial charge in [-0.2, -0.15) is 0 Å². The number of hydrogen-bond acceptors (Lipinski definition) is 1. The zero-order valence-electron chi connectivity index (χ0n) is 12.6. The van der Waals surface area contributed by atoms with E-state index in [4.69, 9.17) is 16.0 Å². The minimum absolute atomic E-state index is 0.141. The summed E-state index contributed by atoms with van der Waals surface area (Å²) in [7, 11) is 0. The lowest BCUT2D eigenvalue weighted by Crippen LogP contribution is -1.97. The maximum atomic E-state index is 6.58. The van der Waals surface area contributed by atoms with Gasteiger partial charge in [0.05, 0.1) is 5.38 Å². The van der Waals surface area contributed by atoms with E-state index < -0.39 is 0 Å². The van der Waals surface area contributed by atoms with Gasteiger partial charge in [0, 0.05) is 5.39 Å². The van der Waals surface area contributed by atoms with Crippen molar-refractivity contribution in [1.29, 1.82) is 0 Å². The summed E-state index contributed by atoms with van der Waals surface area (Å²) in [4.78, 5) is 0. The molecule has 0 spiro atoms. The highest BCUT2D eigenvalue weighted by Gasteiger charge is 2.15. The lowest BCUT2D eigenvalue weighted by Gasteiger charge is -2.10. The van der Waals surface area contributed by atoms with Gasteiger partial charge in [-0.1, -0.05) is 35.4 Å². The van der Waals surface area contributed by atoms with E-state index in [2.05, 4.69) is 57.2 Å². The number of halogens is 1. The molecule has 0 aliphatic carbocycles. The molecule has 0 aliphatic heterocycles. The van der Waals surface area contributed by atoms with Crippen LogP contribution in [0.1, 0.15) is 33.4 Å². The van der Waals surface area contributed by atoms with Gasteiger partial charge >= 0.3 is 0 Å². The van der Waals surface area contributed by atoms with Gasteiger partial charge in [-0.25, -0.2) is 0 Å². The molecule has 108 valence electrons. The van der Waals surface area contributed by atoms with Gasteiger partial charge in [0.25, 0.3) is 0 Å². The normalized spacial score (nSPS) is 12.8. The zero-order valence-corrected chi connectivity index (χ0v) is 13.4. The molecule has 1 aromatic heterocycles. The second-order valence-corrected chi connectivity index (χ2v) is 6.32. The molecule has 21 heavy (non-hydrogen) atoms. The fraction of sp³-hybridized carbons (Fsp3) is 0.263. The Morgan fingerprint density at radius 2 is 1.67 bits per heavy atom. The Hall–Kier alpha value is -1.73. The molecule has 0 saturated heterocycles. The third-order valence-corrected chi connectivity index (χ3v) is 4.27. The zero-order chi connectivity index (χ0) is 15.0. The summed E-state index contributed by atoms with van der Waals surface area (Å²) in [5.41, 5.74) is 5.96. The molecular weight excluding hydrogens is 280 g/mol.